The van der Waals surface area contributed by atoms with Crippen LogP contribution in [-0.2, 0) is 11.0 Å². The molecule has 3 aromatic rings. The number of anilines is 2. The molecule has 8 heteroatoms. The molecule has 0 saturated carbocycles. The third-order valence-electron chi connectivity index (χ3n) is 4.60. The second kappa shape index (κ2) is 9.40. The first-order valence-corrected chi connectivity index (χ1v) is 11.5. The molecule has 2 aromatic carbocycles. The van der Waals surface area contributed by atoms with Crippen LogP contribution in [0.1, 0.15) is 46.4 Å². The Morgan fingerprint density at radius 1 is 1.17 bits per heavy atom. The molecule has 1 amide bonds. The van der Waals surface area contributed by atoms with Crippen LogP contribution in [-0.4, -0.2) is 22.2 Å². The van der Waals surface area contributed by atoms with E-state index in [0.29, 0.717) is 21.3 Å². The SMILES string of the molecule is COc1ccc(NC(=O)c2nc(C(C)C)cs2)cc1S(=O)Nc1c(C)cccc1C. The van der Waals surface area contributed by atoms with Crippen LogP contribution < -0.4 is 14.8 Å². The van der Waals surface area contributed by atoms with Gasteiger partial charge in [-0.1, -0.05) is 32.0 Å². The van der Waals surface area contributed by atoms with Gasteiger partial charge in [0.25, 0.3) is 5.91 Å². The van der Waals surface area contributed by atoms with Crippen molar-refractivity contribution in [3.05, 3.63) is 63.6 Å². The fraction of sp³-hybridized carbons (Fsp3) is 0.273. The molecule has 0 saturated heterocycles. The van der Waals surface area contributed by atoms with E-state index in [1.165, 1.54) is 18.4 Å². The minimum atomic E-state index is -1.58. The second-order valence-electron chi connectivity index (χ2n) is 7.19. The Labute approximate surface area is 183 Å². The molecule has 1 atom stereocenters. The number of ether oxygens (including phenoxy) is 1. The number of hydrogen-bond donors (Lipinski definition) is 2. The van der Waals surface area contributed by atoms with Gasteiger partial charge in [-0.05, 0) is 49.1 Å². The highest BCUT2D eigenvalue weighted by Crippen LogP contribution is 2.29. The van der Waals surface area contributed by atoms with Crippen molar-refractivity contribution < 1.29 is 13.7 Å². The Morgan fingerprint density at radius 3 is 2.47 bits per heavy atom. The summed E-state index contributed by atoms with van der Waals surface area (Å²) in [5, 5.41) is 5.12. The highest BCUT2D eigenvalue weighted by atomic mass is 32.2. The van der Waals surface area contributed by atoms with Crippen molar-refractivity contribution in [1.29, 1.82) is 0 Å². The number of methoxy groups -OCH3 is 1. The normalized spacial score (nSPS) is 11.9. The van der Waals surface area contributed by atoms with Crippen LogP contribution in [0.4, 0.5) is 11.4 Å². The van der Waals surface area contributed by atoms with Crippen LogP contribution in [0.3, 0.4) is 0 Å². The van der Waals surface area contributed by atoms with E-state index in [-0.39, 0.29) is 11.8 Å². The van der Waals surface area contributed by atoms with Gasteiger partial charge in [0.2, 0.25) is 0 Å². The van der Waals surface area contributed by atoms with Crippen molar-refractivity contribution in [3.8, 4) is 5.75 Å². The number of hydrogen-bond acceptors (Lipinski definition) is 5. The molecule has 0 aliphatic carbocycles. The number of amides is 1. The lowest BCUT2D eigenvalue weighted by atomic mass is 10.1. The van der Waals surface area contributed by atoms with E-state index in [1.54, 1.807) is 18.2 Å². The quantitative estimate of drug-likeness (QED) is 0.521. The van der Waals surface area contributed by atoms with E-state index in [0.717, 1.165) is 22.5 Å². The number of thiazole rings is 1. The molecule has 0 aliphatic heterocycles. The predicted molar refractivity (Wildman–Crippen MR) is 123 cm³/mol. The van der Waals surface area contributed by atoms with Gasteiger partial charge in [-0.2, -0.15) is 0 Å². The first-order chi connectivity index (χ1) is 14.3. The van der Waals surface area contributed by atoms with E-state index in [9.17, 15) is 9.00 Å². The summed E-state index contributed by atoms with van der Waals surface area (Å²) in [6.07, 6.45) is 0. The summed E-state index contributed by atoms with van der Waals surface area (Å²) in [7, 11) is -0.0532. The van der Waals surface area contributed by atoms with E-state index in [4.69, 9.17) is 4.74 Å². The number of aryl methyl sites for hydroxylation is 2. The summed E-state index contributed by atoms with van der Waals surface area (Å²) >= 11 is 1.31. The zero-order valence-electron chi connectivity index (χ0n) is 17.6. The van der Waals surface area contributed by atoms with Crippen LogP contribution in [0.2, 0.25) is 0 Å². The van der Waals surface area contributed by atoms with Gasteiger partial charge in [0.05, 0.1) is 18.5 Å². The minimum absolute atomic E-state index is 0.258. The molecule has 0 fully saturated rings. The van der Waals surface area contributed by atoms with Crippen molar-refractivity contribution in [2.24, 2.45) is 0 Å². The zero-order chi connectivity index (χ0) is 21.8. The molecule has 1 unspecified atom stereocenters. The maximum atomic E-state index is 13.1. The fourth-order valence-electron chi connectivity index (χ4n) is 2.86. The van der Waals surface area contributed by atoms with Gasteiger partial charge in [-0.3, -0.25) is 4.79 Å². The maximum Gasteiger partial charge on any atom is 0.284 e. The van der Waals surface area contributed by atoms with Crippen molar-refractivity contribution in [1.82, 2.24) is 4.98 Å². The smallest absolute Gasteiger partial charge is 0.284 e. The summed E-state index contributed by atoms with van der Waals surface area (Å²) in [6, 6.07) is 10.9. The summed E-state index contributed by atoms with van der Waals surface area (Å²) in [4.78, 5) is 17.4. The van der Waals surface area contributed by atoms with Gasteiger partial charge in [0.15, 0.2) is 16.0 Å². The third kappa shape index (κ3) is 4.88. The standard InChI is InChI=1S/C22H25N3O3S2/c1-13(2)17-12-29-22(24-17)21(26)23-16-9-10-18(28-5)19(11-16)30(27)25-20-14(3)7-6-8-15(20)4/h6-13,25H,1-5H3,(H,23,26). The molecular formula is C22H25N3O3S2. The molecule has 1 aromatic heterocycles. The summed E-state index contributed by atoms with van der Waals surface area (Å²) < 4.78 is 21.5. The Balaban J connectivity index is 1.84. The van der Waals surface area contributed by atoms with E-state index < -0.39 is 11.0 Å². The van der Waals surface area contributed by atoms with Crippen molar-refractivity contribution >= 4 is 39.6 Å². The molecule has 2 N–H and O–H groups in total. The van der Waals surface area contributed by atoms with Crippen molar-refractivity contribution in [3.63, 3.8) is 0 Å². The van der Waals surface area contributed by atoms with Crippen LogP contribution in [0.5, 0.6) is 5.75 Å². The van der Waals surface area contributed by atoms with Gasteiger partial charge in [-0.15, -0.1) is 11.3 Å². The van der Waals surface area contributed by atoms with E-state index in [1.807, 2.05) is 51.3 Å². The number of carbonyl (C=O) groups excluding carboxylic acids is 1. The van der Waals surface area contributed by atoms with Gasteiger partial charge < -0.3 is 14.8 Å². The molecule has 158 valence electrons. The first kappa shape index (κ1) is 22.0. The van der Waals surface area contributed by atoms with Gasteiger partial charge >= 0.3 is 0 Å². The van der Waals surface area contributed by atoms with Crippen LogP contribution in [0.25, 0.3) is 0 Å². The molecule has 6 nitrogen and oxygen atoms in total. The van der Waals surface area contributed by atoms with E-state index >= 15 is 0 Å². The number of para-hydroxylation sites is 1. The molecule has 3 rings (SSSR count). The molecule has 0 aliphatic rings. The molecule has 1 heterocycles. The topological polar surface area (TPSA) is 80.3 Å². The van der Waals surface area contributed by atoms with Crippen LogP contribution >= 0.6 is 11.3 Å². The summed E-state index contributed by atoms with van der Waals surface area (Å²) in [5.41, 5.74) is 4.22. The predicted octanol–water partition coefficient (Wildman–Crippen LogP) is 5.28. The maximum absolute atomic E-state index is 13.1. The summed E-state index contributed by atoms with van der Waals surface area (Å²) in [6.45, 7) is 7.98. The molecule has 0 bridgehead atoms. The molecule has 0 spiro atoms. The van der Waals surface area contributed by atoms with Gasteiger partial charge in [-0.25, -0.2) is 9.19 Å². The van der Waals surface area contributed by atoms with E-state index in [2.05, 4.69) is 15.0 Å². The number of rotatable bonds is 7. The van der Waals surface area contributed by atoms with Crippen molar-refractivity contribution in [2.75, 3.05) is 17.1 Å². The number of nitrogens with one attached hydrogen (secondary N) is 2. The first-order valence-electron chi connectivity index (χ1n) is 9.49. The van der Waals surface area contributed by atoms with Crippen LogP contribution in [0, 0.1) is 13.8 Å². The van der Waals surface area contributed by atoms with Crippen molar-refractivity contribution in [2.45, 2.75) is 38.5 Å². The number of benzene rings is 2. The largest absolute Gasteiger partial charge is 0.495 e. The number of aromatic nitrogens is 1. The number of nitrogens with zero attached hydrogens (tertiary/aromatic N) is 1. The lowest BCUT2D eigenvalue weighted by molar-refractivity contribution is 0.102. The average molecular weight is 444 g/mol. The van der Waals surface area contributed by atoms with Crippen LogP contribution in [0.15, 0.2) is 46.7 Å². The lowest BCUT2D eigenvalue weighted by Gasteiger charge is -2.15. The highest BCUT2D eigenvalue weighted by molar-refractivity contribution is 7.86. The Kier molecular flexibility index (Phi) is 6.89. The Morgan fingerprint density at radius 2 is 1.87 bits per heavy atom. The Hall–Kier alpha value is -2.71. The Bertz CT molecular complexity index is 1070. The molecule has 30 heavy (non-hydrogen) atoms. The third-order valence-corrected chi connectivity index (χ3v) is 6.57. The van der Waals surface area contributed by atoms with Gasteiger partial charge in [0.1, 0.15) is 10.6 Å². The number of carbonyl (C=O) groups is 1. The van der Waals surface area contributed by atoms with Gasteiger partial charge in [0, 0.05) is 11.1 Å². The average Bonchev–Trinajstić information content (AvgIpc) is 3.21. The lowest BCUT2D eigenvalue weighted by Crippen LogP contribution is -2.13. The minimum Gasteiger partial charge on any atom is -0.495 e. The second-order valence-corrected chi connectivity index (χ2v) is 9.23. The highest BCUT2D eigenvalue weighted by Gasteiger charge is 2.17. The fourth-order valence-corrected chi connectivity index (χ4v) is 4.92. The molecular weight excluding hydrogens is 418 g/mol. The zero-order valence-corrected chi connectivity index (χ0v) is 19.2. The molecule has 0 radical (unpaired) electrons. The summed E-state index contributed by atoms with van der Waals surface area (Å²) in [5.74, 6) is 0.437. The monoisotopic (exact) mass is 443 g/mol.